The van der Waals surface area contributed by atoms with Gasteiger partial charge in [-0.2, -0.15) is 0 Å². The van der Waals surface area contributed by atoms with Crippen LogP contribution in [0.1, 0.15) is 26.6 Å². The Morgan fingerprint density at radius 3 is 2.70 bits per heavy atom. The van der Waals surface area contributed by atoms with Gasteiger partial charge in [0.2, 0.25) is 0 Å². The number of anilines is 1. The normalized spacial score (nSPS) is 10.4. The Balaban J connectivity index is 2.12. The minimum Gasteiger partial charge on any atom is -0.388 e. The Hall–Kier alpha value is -1.88. The SMILES string of the molecule is CNc1ccc(C(=O)N(C)Cc2csc(C)n2)cc1C. The fourth-order valence-corrected chi connectivity index (χ4v) is 2.70. The van der Waals surface area contributed by atoms with Gasteiger partial charge in [-0.3, -0.25) is 4.79 Å². The van der Waals surface area contributed by atoms with Gasteiger partial charge in [-0.15, -0.1) is 11.3 Å². The summed E-state index contributed by atoms with van der Waals surface area (Å²) in [6.07, 6.45) is 0. The van der Waals surface area contributed by atoms with Gasteiger partial charge >= 0.3 is 0 Å². The molecule has 1 aromatic carbocycles. The van der Waals surface area contributed by atoms with Crippen LogP contribution in [0.3, 0.4) is 0 Å². The Morgan fingerprint density at radius 2 is 2.15 bits per heavy atom. The Labute approximate surface area is 123 Å². The highest BCUT2D eigenvalue weighted by atomic mass is 32.1. The number of rotatable bonds is 4. The summed E-state index contributed by atoms with van der Waals surface area (Å²) < 4.78 is 0. The lowest BCUT2D eigenvalue weighted by molar-refractivity contribution is 0.0783. The van der Waals surface area contributed by atoms with Gasteiger partial charge in [0, 0.05) is 30.7 Å². The summed E-state index contributed by atoms with van der Waals surface area (Å²) in [6.45, 7) is 4.50. The minimum absolute atomic E-state index is 0.0152. The van der Waals surface area contributed by atoms with Crippen molar-refractivity contribution in [2.45, 2.75) is 20.4 Å². The first-order valence-corrected chi connectivity index (χ1v) is 7.34. The molecule has 0 spiro atoms. The van der Waals surface area contributed by atoms with Crippen LogP contribution in [0.25, 0.3) is 0 Å². The highest BCUT2D eigenvalue weighted by Gasteiger charge is 2.14. The number of aryl methyl sites for hydroxylation is 2. The van der Waals surface area contributed by atoms with E-state index in [1.807, 2.05) is 44.5 Å². The van der Waals surface area contributed by atoms with Gasteiger partial charge in [0.15, 0.2) is 0 Å². The van der Waals surface area contributed by atoms with Crippen molar-refractivity contribution in [2.24, 2.45) is 0 Å². The van der Waals surface area contributed by atoms with Crippen molar-refractivity contribution < 1.29 is 4.79 Å². The first kappa shape index (κ1) is 14.5. The molecule has 20 heavy (non-hydrogen) atoms. The molecule has 4 nitrogen and oxygen atoms in total. The van der Waals surface area contributed by atoms with Crippen LogP contribution in [0.5, 0.6) is 0 Å². The Morgan fingerprint density at radius 1 is 1.40 bits per heavy atom. The molecule has 1 aromatic heterocycles. The molecule has 0 unspecified atom stereocenters. The summed E-state index contributed by atoms with van der Waals surface area (Å²) in [6, 6.07) is 5.70. The first-order chi connectivity index (χ1) is 9.51. The highest BCUT2D eigenvalue weighted by molar-refractivity contribution is 7.09. The van der Waals surface area contributed by atoms with Crippen molar-refractivity contribution in [1.29, 1.82) is 0 Å². The molecule has 0 aliphatic rings. The molecule has 106 valence electrons. The third-order valence-corrected chi connectivity index (χ3v) is 3.98. The second-order valence-corrected chi connectivity index (χ2v) is 5.86. The lowest BCUT2D eigenvalue weighted by Crippen LogP contribution is -2.26. The van der Waals surface area contributed by atoms with Gasteiger partial charge in [0.05, 0.1) is 17.2 Å². The number of amides is 1. The van der Waals surface area contributed by atoms with Gasteiger partial charge in [-0.25, -0.2) is 4.98 Å². The van der Waals surface area contributed by atoms with Crippen LogP contribution in [0.2, 0.25) is 0 Å². The van der Waals surface area contributed by atoms with Crippen molar-refractivity contribution in [1.82, 2.24) is 9.88 Å². The maximum atomic E-state index is 12.4. The van der Waals surface area contributed by atoms with Crippen molar-refractivity contribution in [3.8, 4) is 0 Å². The smallest absolute Gasteiger partial charge is 0.253 e. The molecule has 0 bridgehead atoms. The molecule has 0 aliphatic carbocycles. The maximum absolute atomic E-state index is 12.4. The van der Waals surface area contributed by atoms with E-state index in [2.05, 4.69) is 10.3 Å². The molecule has 0 aliphatic heterocycles. The Bertz CT molecular complexity index is 621. The summed E-state index contributed by atoms with van der Waals surface area (Å²) in [5, 5.41) is 6.12. The zero-order chi connectivity index (χ0) is 14.7. The molecule has 1 heterocycles. The number of carbonyl (C=O) groups is 1. The van der Waals surface area contributed by atoms with E-state index in [0.717, 1.165) is 22.0 Å². The average molecular weight is 289 g/mol. The molecule has 1 amide bonds. The number of carbonyl (C=O) groups excluding carboxylic acids is 1. The number of thiazole rings is 1. The topological polar surface area (TPSA) is 45.2 Å². The second-order valence-electron chi connectivity index (χ2n) is 4.80. The number of nitrogens with one attached hydrogen (secondary N) is 1. The van der Waals surface area contributed by atoms with E-state index in [1.54, 1.807) is 23.3 Å². The number of benzene rings is 1. The first-order valence-electron chi connectivity index (χ1n) is 6.46. The molecule has 0 fully saturated rings. The van der Waals surface area contributed by atoms with Gasteiger partial charge in [-0.1, -0.05) is 0 Å². The number of aromatic nitrogens is 1. The lowest BCUT2D eigenvalue weighted by Gasteiger charge is -2.17. The zero-order valence-electron chi connectivity index (χ0n) is 12.2. The van der Waals surface area contributed by atoms with Gasteiger partial charge in [0.1, 0.15) is 0 Å². The molecule has 0 atom stereocenters. The van der Waals surface area contributed by atoms with Crippen LogP contribution in [-0.4, -0.2) is 29.9 Å². The summed E-state index contributed by atoms with van der Waals surface area (Å²) in [5.41, 5.74) is 3.75. The van der Waals surface area contributed by atoms with Gasteiger partial charge in [-0.05, 0) is 37.6 Å². The van der Waals surface area contributed by atoms with E-state index in [0.29, 0.717) is 12.1 Å². The standard InChI is InChI=1S/C15H19N3OS/c1-10-7-12(5-6-14(10)16-3)15(19)18(4)8-13-9-20-11(2)17-13/h5-7,9,16H,8H2,1-4H3. The second kappa shape index (κ2) is 6.05. The maximum Gasteiger partial charge on any atom is 0.253 e. The molecule has 0 saturated carbocycles. The summed E-state index contributed by atoms with van der Waals surface area (Å²) in [5.74, 6) is 0.0152. The fourth-order valence-electron chi connectivity index (χ4n) is 2.09. The van der Waals surface area contributed by atoms with Crippen LogP contribution >= 0.6 is 11.3 Å². The van der Waals surface area contributed by atoms with Crippen LogP contribution in [-0.2, 0) is 6.54 Å². The number of hydrogen-bond acceptors (Lipinski definition) is 4. The van der Waals surface area contributed by atoms with E-state index in [9.17, 15) is 4.79 Å². The average Bonchev–Trinajstić information content (AvgIpc) is 2.83. The number of hydrogen-bond donors (Lipinski definition) is 1. The van der Waals surface area contributed by atoms with E-state index < -0.39 is 0 Å². The van der Waals surface area contributed by atoms with Crippen molar-refractivity contribution in [2.75, 3.05) is 19.4 Å². The lowest BCUT2D eigenvalue weighted by atomic mass is 10.1. The van der Waals surface area contributed by atoms with Gasteiger partial charge in [0.25, 0.3) is 5.91 Å². The quantitative estimate of drug-likeness (QED) is 0.941. The summed E-state index contributed by atoms with van der Waals surface area (Å²) >= 11 is 1.60. The molecule has 5 heteroatoms. The van der Waals surface area contributed by atoms with E-state index in [4.69, 9.17) is 0 Å². The summed E-state index contributed by atoms with van der Waals surface area (Å²) in [7, 11) is 3.68. The molecule has 1 N–H and O–H groups in total. The highest BCUT2D eigenvalue weighted by Crippen LogP contribution is 2.17. The van der Waals surface area contributed by atoms with Crippen LogP contribution in [0.4, 0.5) is 5.69 Å². The van der Waals surface area contributed by atoms with Crippen LogP contribution < -0.4 is 5.32 Å². The fraction of sp³-hybridized carbons (Fsp3) is 0.333. The molecule has 0 radical (unpaired) electrons. The van der Waals surface area contributed by atoms with E-state index >= 15 is 0 Å². The van der Waals surface area contributed by atoms with Crippen LogP contribution in [0, 0.1) is 13.8 Å². The van der Waals surface area contributed by atoms with Crippen LogP contribution in [0.15, 0.2) is 23.6 Å². The molecular formula is C15H19N3OS. The predicted octanol–water partition coefficient (Wildman–Crippen LogP) is 3.07. The minimum atomic E-state index is 0.0152. The molecular weight excluding hydrogens is 270 g/mol. The van der Waals surface area contributed by atoms with Crippen molar-refractivity contribution >= 4 is 22.9 Å². The molecule has 2 rings (SSSR count). The third-order valence-electron chi connectivity index (χ3n) is 3.16. The number of nitrogens with zero attached hydrogens (tertiary/aromatic N) is 2. The summed E-state index contributed by atoms with van der Waals surface area (Å²) in [4.78, 5) is 18.5. The zero-order valence-corrected chi connectivity index (χ0v) is 13.0. The monoisotopic (exact) mass is 289 g/mol. The van der Waals surface area contributed by atoms with Crippen molar-refractivity contribution in [3.63, 3.8) is 0 Å². The van der Waals surface area contributed by atoms with Gasteiger partial charge < -0.3 is 10.2 Å². The largest absolute Gasteiger partial charge is 0.388 e. The Kier molecular flexibility index (Phi) is 4.39. The van der Waals surface area contributed by atoms with Crippen molar-refractivity contribution in [3.05, 3.63) is 45.4 Å². The molecule has 2 aromatic rings. The predicted molar refractivity (Wildman–Crippen MR) is 83.4 cm³/mol. The third kappa shape index (κ3) is 3.17. The van der Waals surface area contributed by atoms with E-state index in [-0.39, 0.29) is 5.91 Å². The van der Waals surface area contributed by atoms with E-state index in [1.165, 1.54) is 0 Å². The molecule has 0 saturated heterocycles.